The molecule has 1 aromatic rings. The first-order valence-corrected chi connectivity index (χ1v) is 7.92. The predicted octanol–water partition coefficient (Wildman–Crippen LogP) is 3.43. The quantitative estimate of drug-likeness (QED) is 0.683. The molecule has 1 heterocycles. The minimum absolute atomic E-state index is 0.0634. The normalized spacial score (nSPS) is 11.5. The first-order chi connectivity index (χ1) is 9.97. The van der Waals surface area contributed by atoms with Crippen LogP contribution < -0.4 is 10.6 Å². The lowest BCUT2D eigenvalue weighted by Gasteiger charge is -2.19. The number of nitrogens with one attached hydrogen (secondary N) is 2. The van der Waals surface area contributed by atoms with Crippen molar-refractivity contribution in [1.82, 2.24) is 9.97 Å². The molecule has 0 fully saturated rings. The van der Waals surface area contributed by atoms with Crippen molar-refractivity contribution in [1.29, 1.82) is 0 Å². The van der Waals surface area contributed by atoms with E-state index in [9.17, 15) is 0 Å². The predicted molar refractivity (Wildman–Crippen MR) is 89.1 cm³/mol. The molecule has 1 aromatic heterocycles. The molecule has 2 N–H and O–H groups in total. The van der Waals surface area contributed by atoms with Crippen LogP contribution in [0.4, 0.5) is 11.6 Å². The van der Waals surface area contributed by atoms with Gasteiger partial charge in [-0.2, -0.15) is 0 Å². The Kier molecular flexibility index (Phi) is 7.43. The molecule has 0 radical (unpaired) electrons. The summed E-state index contributed by atoms with van der Waals surface area (Å²) in [6.07, 6.45) is 2.05. The molecule has 0 bridgehead atoms. The average Bonchev–Trinajstić information content (AvgIpc) is 2.42. The number of hydrogen-bond donors (Lipinski definition) is 2. The van der Waals surface area contributed by atoms with Crippen LogP contribution in [-0.2, 0) is 10.2 Å². The lowest BCUT2D eigenvalue weighted by Crippen LogP contribution is -2.19. The van der Waals surface area contributed by atoms with Gasteiger partial charge in [0.25, 0.3) is 0 Å². The Labute approximate surface area is 128 Å². The summed E-state index contributed by atoms with van der Waals surface area (Å²) in [6, 6.07) is 1.96. The number of hydrogen-bond acceptors (Lipinski definition) is 5. The second kappa shape index (κ2) is 8.82. The molecule has 0 amide bonds. The Bertz CT molecular complexity index is 415. The number of nitrogens with zero attached hydrogens (tertiary/aromatic N) is 2. The fourth-order valence-electron chi connectivity index (χ4n) is 1.78. The zero-order chi connectivity index (χ0) is 15.7. The van der Waals surface area contributed by atoms with Crippen molar-refractivity contribution in [2.45, 2.75) is 52.9 Å². The average molecular weight is 294 g/mol. The standard InChI is InChI=1S/C16H30N4O/c1-6-10-21-11-8-9-18-14-12-13(17-7-2)19-15(20-14)16(3,4)5/h12H,6-11H2,1-5H3,(H2,17,18,19,20). The van der Waals surface area contributed by atoms with E-state index in [2.05, 4.69) is 55.2 Å². The van der Waals surface area contributed by atoms with Crippen molar-refractivity contribution in [3.05, 3.63) is 11.9 Å². The molecule has 0 saturated heterocycles. The van der Waals surface area contributed by atoms with Gasteiger partial charge in [-0.1, -0.05) is 27.7 Å². The molecule has 0 saturated carbocycles. The van der Waals surface area contributed by atoms with Crippen LogP contribution in [0, 0.1) is 0 Å². The van der Waals surface area contributed by atoms with Gasteiger partial charge in [-0.3, -0.25) is 0 Å². The third-order valence-electron chi connectivity index (χ3n) is 2.87. The van der Waals surface area contributed by atoms with E-state index in [0.717, 1.165) is 56.6 Å². The summed E-state index contributed by atoms with van der Waals surface area (Å²) in [4.78, 5) is 9.19. The zero-order valence-electron chi connectivity index (χ0n) is 14.1. The second-order valence-corrected chi connectivity index (χ2v) is 6.14. The molecule has 0 spiro atoms. The fourth-order valence-corrected chi connectivity index (χ4v) is 1.78. The number of rotatable bonds is 9. The van der Waals surface area contributed by atoms with Crippen LogP contribution in [0.2, 0.25) is 0 Å². The Morgan fingerprint density at radius 2 is 1.71 bits per heavy atom. The van der Waals surface area contributed by atoms with E-state index in [1.807, 2.05) is 6.07 Å². The van der Waals surface area contributed by atoms with Crippen LogP contribution in [0.5, 0.6) is 0 Å². The molecule has 1 rings (SSSR count). The maximum atomic E-state index is 5.48. The summed E-state index contributed by atoms with van der Waals surface area (Å²) in [5.74, 6) is 2.61. The van der Waals surface area contributed by atoms with Crippen LogP contribution in [-0.4, -0.2) is 36.3 Å². The monoisotopic (exact) mass is 294 g/mol. The zero-order valence-corrected chi connectivity index (χ0v) is 14.1. The van der Waals surface area contributed by atoms with Gasteiger partial charge in [-0.05, 0) is 19.8 Å². The molecule has 120 valence electrons. The highest BCUT2D eigenvalue weighted by Crippen LogP contribution is 2.22. The molecule has 5 heteroatoms. The van der Waals surface area contributed by atoms with Gasteiger partial charge in [0, 0.05) is 37.8 Å². The highest BCUT2D eigenvalue weighted by Gasteiger charge is 2.19. The molecular weight excluding hydrogens is 264 g/mol. The van der Waals surface area contributed by atoms with E-state index < -0.39 is 0 Å². The van der Waals surface area contributed by atoms with Crippen molar-refractivity contribution in [2.24, 2.45) is 0 Å². The highest BCUT2D eigenvalue weighted by atomic mass is 16.5. The van der Waals surface area contributed by atoms with Crippen molar-refractivity contribution in [2.75, 3.05) is 36.9 Å². The Morgan fingerprint density at radius 1 is 1.05 bits per heavy atom. The summed E-state index contributed by atoms with van der Waals surface area (Å²) in [5.41, 5.74) is -0.0634. The third kappa shape index (κ3) is 6.76. The molecule has 21 heavy (non-hydrogen) atoms. The molecular formula is C16H30N4O. The molecule has 0 unspecified atom stereocenters. The van der Waals surface area contributed by atoms with Gasteiger partial charge in [0.05, 0.1) is 0 Å². The van der Waals surface area contributed by atoms with Crippen LogP contribution in [0.1, 0.15) is 53.3 Å². The van der Waals surface area contributed by atoms with Gasteiger partial charge < -0.3 is 15.4 Å². The van der Waals surface area contributed by atoms with Gasteiger partial charge in [0.2, 0.25) is 0 Å². The van der Waals surface area contributed by atoms with Gasteiger partial charge in [0.15, 0.2) is 0 Å². The largest absolute Gasteiger partial charge is 0.381 e. The topological polar surface area (TPSA) is 59.1 Å². The maximum absolute atomic E-state index is 5.48. The fraction of sp³-hybridized carbons (Fsp3) is 0.750. The summed E-state index contributed by atoms with van der Waals surface area (Å²) in [5, 5.41) is 6.62. The number of aromatic nitrogens is 2. The second-order valence-electron chi connectivity index (χ2n) is 6.14. The van der Waals surface area contributed by atoms with Crippen molar-refractivity contribution >= 4 is 11.6 Å². The first-order valence-electron chi connectivity index (χ1n) is 7.92. The lowest BCUT2D eigenvalue weighted by atomic mass is 9.96. The van der Waals surface area contributed by atoms with Crippen LogP contribution in [0.15, 0.2) is 6.07 Å². The minimum Gasteiger partial charge on any atom is -0.381 e. The van der Waals surface area contributed by atoms with Crippen LogP contribution in [0.3, 0.4) is 0 Å². The van der Waals surface area contributed by atoms with Crippen LogP contribution in [0.25, 0.3) is 0 Å². The Hall–Kier alpha value is -1.36. The summed E-state index contributed by atoms with van der Waals surface area (Å²) in [6.45, 7) is 13.9. The van der Waals surface area contributed by atoms with Gasteiger partial charge in [-0.25, -0.2) is 9.97 Å². The SMILES string of the molecule is CCCOCCCNc1cc(NCC)nc(C(C)(C)C)n1. The van der Waals surface area contributed by atoms with Gasteiger partial charge in [0.1, 0.15) is 17.5 Å². The van der Waals surface area contributed by atoms with E-state index >= 15 is 0 Å². The van der Waals surface area contributed by atoms with E-state index in [-0.39, 0.29) is 5.41 Å². The third-order valence-corrected chi connectivity index (χ3v) is 2.87. The van der Waals surface area contributed by atoms with Crippen molar-refractivity contribution in [3.63, 3.8) is 0 Å². The first kappa shape index (κ1) is 17.7. The van der Waals surface area contributed by atoms with Gasteiger partial charge in [-0.15, -0.1) is 0 Å². The molecule has 0 aliphatic carbocycles. The summed E-state index contributed by atoms with van der Waals surface area (Å²) < 4.78 is 5.48. The molecule has 0 atom stereocenters. The Morgan fingerprint density at radius 3 is 2.29 bits per heavy atom. The molecule has 0 aliphatic heterocycles. The molecule has 0 aromatic carbocycles. The highest BCUT2D eigenvalue weighted by molar-refractivity contribution is 5.48. The smallest absolute Gasteiger partial charge is 0.138 e. The summed E-state index contributed by atoms with van der Waals surface area (Å²) >= 11 is 0. The maximum Gasteiger partial charge on any atom is 0.138 e. The van der Waals surface area contributed by atoms with Crippen molar-refractivity contribution in [3.8, 4) is 0 Å². The number of ether oxygens (including phenoxy) is 1. The van der Waals surface area contributed by atoms with Crippen molar-refractivity contribution < 1.29 is 4.74 Å². The van der Waals surface area contributed by atoms with E-state index in [4.69, 9.17) is 4.74 Å². The van der Waals surface area contributed by atoms with Crippen LogP contribution >= 0.6 is 0 Å². The lowest BCUT2D eigenvalue weighted by molar-refractivity contribution is 0.134. The minimum atomic E-state index is -0.0634. The van der Waals surface area contributed by atoms with E-state index in [1.165, 1.54) is 0 Å². The summed E-state index contributed by atoms with van der Waals surface area (Å²) in [7, 11) is 0. The Balaban J connectivity index is 2.61. The molecule has 0 aliphatic rings. The molecule has 5 nitrogen and oxygen atoms in total. The van der Waals surface area contributed by atoms with Gasteiger partial charge >= 0.3 is 0 Å². The van der Waals surface area contributed by atoms with E-state index in [0.29, 0.717) is 0 Å². The number of anilines is 2. The van der Waals surface area contributed by atoms with E-state index in [1.54, 1.807) is 0 Å².